The van der Waals surface area contributed by atoms with Crippen LogP contribution in [0.1, 0.15) is 40.7 Å². The van der Waals surface area contributed by atoms with Crippen LogP contribution in [0.25, 0.3) is 6.08 Å². The fourth-order valence-corrected chi connectivity index (χ4v) is 4.28. The molecule has 2 amide bonds. The smallest absolute Gasteiger partial charge is 0.326 e. The van der Waals surface area contributed by atoms with E-state index in [4.69, 9.17) is 18.0 Å². The van der Waals surface area contributed by atoms with E-state index in [1.807, 2.05) is 36.4 Å². The quantitative estimate of drug-likeness (QED) is 0.168. The molecule has 1 aliphatic heterocycles. The van der Waals surface area contributed by atoms with Gasteiger partial charge in [-0.15, -0.1) is 12.4 Å². The zero-order chi connectivity index (χ0) is 24.5. The molecule has 3 rings (SSSR count). The van der Waals surface area contributed by atoms with Crippen molar-refractivity contribution in [3.8, 4) is 0 Å². The van der Waals surface area contributed by atoms with Gasteiger partial charge in [-0.05, 0) is 67.3 Å². The summed E-state index contributed by atoms with van der Waals surface area (Å²) in [6.07, 6.45) is 3.49. The summed E-state index contributed by atoms with van der Waals surface area (Å²) in [6.45, 7) is 1.04. The Morgan fingerprint density at radius 1 is 1.11 bits per heavy atom. The number of carbonyl (C=O) groups is 3. The maximum atomic E-state index is 12.4. The Bertz CT molecular complexity index is 1090. The fraction of sp³-hybridized carbons (Fsp3) is 0.250. The summed E-state index contributed by atoms with van der Waals surface area (Å²) in [5, 5.41) is 17.8. The first-order valence-electron chi connectivity index (χ1n) is 10.8. The molecular weight excluding hydrogens is 508 g/mol. The molecular formula is C24H27ClN4O4S2. The second kappa shape index (κ2) is 13.8. The van der Waals surface area contributed by atoms with Crippen LogP contribution in [0.15, 0.2) is 53.4 Å². The van der Waals surface area contributed by atoms with E-state index in [0.29, 0.717) is 47.1 Å². The highest BCUT2D eigenvalue weighted by molar-refractivity contribution is 8.26. The summed E-state index contributed by atoms with van der Waals surface area (Å²) in [4.78, 5) is 36.1. The third-order valence-corrected chi connectivity index (χ3v) is 6.28. The molecule has 1 aliphatic rings. The predicted molar refractivity (Wildman–Crippen MR) is 146 cm³/mol. The molecule has 0 aromatic heterocycles. The van der Waals surface area contributed by atoms with Gasteiger partial charge in [0.25, 0.3) is 11.8 Å². The lowest BCUT2D eigenvalue weighted by atomic mass is 10.1. The Balaban J connectivity index is 0.00000432. The lowest BCUT2D eigenvalue weighted by molar-refractivity contribution is -0.139. The average molecular weight is 535 g/mol. The number of thioether (sulfide) groups is 1. The largest absolute Gasteiger partial charge is 0.480 e. The van der Waals surface area contributed by atoms with Crippen LogP contribution >= 0.6 is 36.4 Å². The molecule has 11 heteroatoms. The first kappa shape index (κ1) is 28.3. The number of anilines is 1. The molecule has 2 aromatic rings. The van der Waals surface area contributed by atoms with Gasteiger partial charge in [-0.2, -0.15) is 0 Å². The molecule has 0 unspecified atom stereocenters. The van der Waals surface area contributed by atoms with Crippen LogP contribution in [0.3, 0.4) is 0 Å². The van der Waals surface area contributed by atoms with Gasteiger partial charge < -0.3 is 26.8 Å². The number of amides is 2. The van der Waals surface area contributed by atoms with Gasteiger partial charge in [-0.1, -0.05) is 48.2 Å². The minimum atomic E-state index is -1.05. The van der Waals surface area contributed by atoms with Crippen molar-refractivity contribution in [3.63, 3.8) is 0 Å². The molecule has 1 heterocycles. The number of carboxylic acid groups (broad SMARTS) is 1. The van der Waals surface area contributed by atoms with Gasteiger partial charge in [0.1, 0.15) is 10.4 Å². The van der Waals surface area contributed by atoms with Crippen LogP contribution in [-0.4, -0.2) is 39.8 Å². The Hall–Kier alpha value is -2.92. The standard InChI is InChI=1S/C24H26N4O4S2.ClH/c25-12-2-1-3-19(23(31)32)27-21(29)17-8-4-16(5-9-17)14-26-18-10-6-15(7-11-18)13-20-22(30)28-24(33)34-20;/h4-11,13,19,26H,1-3,12,14,25H2,(H,27,29)(H,31,32)(H,28,30,33);1H/b20-13-;/t19-;/m0./s1. The number of unbranched alkanes of at least 4 members (excludes halogenated alkanes) is 1. The van der Waals surface area contributed by atoms with Crippen molar-refractivity contribution in [3.05, 3.63) is 70.1 Å². The third-order valence-electron chi connectivity index (χ3n) is 5.11. The highest BCUT2D eigenvalue weighted by Crippen LogP contribution is 2.26. The molecule has 8 nitrogen and oxygen atoms in total. The number of hydrogen-bond donors (Lipinski definition) is 5. The Labute approximate surface area is 219 Å². The van der Waals surface area contributed by atoms with Crippen molar-refractivity contribution >= 4 is 70.3 Å². The van der Waals surface area contributed by atoms with E-state index < -0.39 is 17.9 Å². The third kappa shape index (κ3) is 8.66. The molecule has 1 fully saturated rings. The number of halogens is 1. The lowest BCUT2D eigenvalue weighted by Crippen LogP contribution is -2.40. The second-order valence-corrected chi connectivity index (χ2v) is 9.39. The van der Waals surface area contributed by atoms with Crippen molar-refractivity contribution in [1.29, 1.82) is 0 Å². The normalized spacial score (nSPS) is 14.7. The Morgan fingerprint density at radius 3 is 2.37 bits per heavy atom. The van der Waals surface area contributed by atoms with Crippen molar-refractivity contribution in [2.45, 2.75) is 31.8 Å². The maximum absolute atomic E-state index is 12.4. The van der Waals surface area contributed by atoms with Crippen molar-refractivity contribution < 1.29 is 19.5 Å². The van der Waals surface area contributed by atoms with Crippen molar-refractivity contribution in [2.75, 3.05) is 11.9 Å². The molecule has 0 aliphatic carbocycles. The first-order valence-corrected chi connectivity index (χ1v) is 12.0. The van der Waals surface area contributed by atoms with E-state index in [-0.39, 0.29) is 18.3 Å². The topological polar surface area (TPSA) is 134 Å². The van der Waals surface area contributed by atoms with Crippen LogP contribution in [0.4, 0.5) is 5.69 Å². The number of nitrogens with two attached hydrogens (primary N) is 1. The molecule has 0 radical (unpaired) electrons. The number of hydrogen-bond acceptors (Lipinski definition) is 7. The van der Waals surface area contributed by atoms with Gasteiger partial charge >= 0.3 is 5.97 Å². The summed E-state index contributed by atoms with van der Waals surface area (Å²) in [6, 6.07) is 13.7. The molecule has 1 atom stereocenters. The minimum Gasteiger partial charge on any atom is -0.480 e. The molecule has 2 aromatic carbocycles. The highest BCUT2D eigenvalue weighted by atomic mass is 35.5. The van der Waals surface area contributed by atoms with Crippen LogP contribution in [0, 0.1) is 0 Å². The predicted octanol–water partition coefficient (Wildman–Crippen LogP) is 3.52. The Morgan fingerprint density at radius 2 is 1.80 bits per heavy atom. The lowest BCUT2D eigenvalue weighted by Gasteiger charge is -2.14. The van der Waals surface area contributed by atoms with Gasteiger partial charge in [0.15, 0.2) is 0 Å². The SMILES string of the molecule is Cl.NCCCC[C@H](NC(=O)c1ccc(CNc2ccc(/C=C3\SC(=S)NC3=O)cc2)cc1)C(=O)O. The van der Waals surface area contributed by atoms with Gasteiger partial charge in [0.05, 0.1) is 4.91 Å². The van der Waals surface area contributed by atoms with E-state index in [0.717, 1.165) is 16.8 Å². The van der Waals surface area contributed by atoms with Gasteiger partial charge in [-0.3, -0.25) is 9.59 Å². The van der Waals surface area contributed by atoms with E-state index in [9.17, 15) is 19.5 Å². The van der Waals surface area contributed by atoms with Gasteiger partial charge in [0, 0.05) is 17.8 Å². The summed E-state index contributed by atoms with van der Waals surface area (Å²) < 4.78 is 0.460. The number of thiocarbonyl (C=S) groups is 1. The van der Waals surface area contributed by atoms with Crippen LogP contribution in [-0.2, 0) is 16.1 Å². The van der Waals surface area contributed by atoms with Gasteiger partial charge in [-0.25, -0.2) is 4.79 Å². The average Bonchev–Trinajstić information content (AvgIpc) is 3.14. The number of benzene rings is 2. The number of carbonyl (C=O) groups excluding carboxylic acids is 2. The summed E-state index contributed by atoms with van der Waals surface area (Å²) in [5.74, 6) is -1.65. The van der Waals surface area contributed by atoms with Crippen LogP contribution in [0.2, 0.25) is 0 Å². The Kier molecular flexibility index (Phi) is 11.2. The first-order chi connectivity index (χ1) is 16.4. The molecule has 186 valence electrons. The second-order valence-electron chi connectivity index (χ2n) is 7.67. The highest BCUT2D eigenvalue weighted by Gasteiger charge is 2.22. The van der Waals surface area contributed by atoms with Crippen molar-refractivity contribution in [1.82, 2.24) is 10.6 Å². The zero-order valence-corrected chi connectivity index (χ0v) is 21.2. The maximum Gasteiger partial charge on any atom is 0.326 e. The van der Waals surface area contributed by atoms with Crippen molar-refractivity contribution in [2.24, 2.45) is 5.73 Å². The van der Waals surface area contributed by atoms with Crippen LogP contribution in [0.5, 0.6) is 0 Å². The molecule has 0 spiro atoms. The summed E-state index contributed by atoms with van der Waals surface area (Å²) in [5.41, 5.74) is 8.61. The van der Waals surface area contributed by atoms with E-state index in [1.165, 1.54) is 11.8 Å². The van der Waals surface area contributed by atoms with E-state index in [1.54, 1.807) is 18.2 Å². The monoisotopic (exact) mass is 534 g/mol. The number of aliphatic carboxylic acids is 1. The molecule has 1 saturated heterocycles. The number of rotatable bonds is 11. The molecule has 0 saturated carbocycles. The zero-order valence-electron chi connectivity index (χ0n) is 18.8. The summed E-state index contributed by atoms with van der Waals surface area (Å²) in [7, 11) is 0. The van der Waals surface area contributed by atoms with Crippen LogP contribution < -0.4 is 21.7 Å². The fourth-order valence-electron chi connectivity index (χ4n) is 3.24. The minimum absolute atomic E-state index is 0. The number of nitrogens with one attached hydrogen (secondary N) is 3. The van der Waals surface area contributed by atoms with E-state index >= 15 is 0 Å². The summed E-state index contributed by atoms with van der Waals surface area (Å²) >= 11 is 6.24. The number of carboxylic acids is 1. The molecule has 0 bridgehead atoms. The molecule has 6 N–H and O–H groups in total. The van der Waals surface area contributed by atoms with Gasteiger partial charge in [0.2, 0.25) is 0 Å². The van der Waals surface area contributed by atoms with E-state index in [2.05, 4.69) is 16.0 Å². The molecule has 35 heavy (non-hydrogen) atoms.